The molecule has 0 bridgehead atoms. The van der Waals surface area contributed by atoms with Crippen molar-refractivity contribution in [2.75, 3.05) is 31.3 Å². The quantitative estimate of drug-likeness (QED) is 0.748. The number of ether oxygens (including phenoxy) is 1. The molecule has 0 amide bonds. The first-order valence-electron chi connectivity index (χ1n) is 5.17. The summed E-state index contributed by atoms with van der Waals surface area (Å²) in [6.45, 7) is 5.34. The predicted molar refractivity (Wildman–Crippen MR) is 57.3 cm³/mol. The summed E-state index contributed by atoms with van der Waals surface area (Å²) in [5, 5.41) is 3.67. The van der Waals surface area contributed by atoms with Gasteiger partial charge in [-0.15, -0.1) is 0 Å². The first-order chi connectivity index (χ1) is 6.29. The van der Waals surface area contributed by atoms with Gasteiger partial charge < -0.3 is 10.1 Å². The second-order valence-corrected chi connectivity index (χ2v) is 5.80. The molecule has 2 nitrogen and oxygen atoms in total. The van der Waals surface area contributed by atoms with Crippen molar-refractivity contribution in [2.24, 2.45) is 5.41 Å². The van der Waals surface area contributed by atoms with Crippen molar-refractivity contribution in [3.8, 4) is 0 Å². The molecule has 2 saturated heterocycles. The van der Waals surface area contributed by atoms with Crippen LogP contribution >= 0.6 is 11.8 Å². The van der Waals surface area contributed by atoms with Gasteiger partial charge in [-0.05, 0) is 24.3 Å². The van der Waals surface area contributed by atoms with Crippen LogP contribution in [0.25, 0.3) is 0 Å². The van der Waals surface area contributed by atoms with Gasteiger partial charge in [0.15, 0.2) is 0 Å². The van der Waals surface area contributed by atoms with Crippen LogP contribution in [0.3, 0.4) is 0 Å². The minimum Gasteiger partial charge on any atom is -0.380 e. The molecule has 0 atom stereocenters. The first-order valence-corrected chi connectivity index (χ1v) is 6.33. The van der Waals surface area contributed by atoms with Gasteiger partial charge in [0, 0.05) is 18.0 Å². The number of thioether (sulfide) groups is 1. The topological polar surface area (TPSA) is 21.3 Å². The summed E-state index contributed by atoms with van der Waals surface area (Å²) in [5.41, 5.74) is 0.435. The van der Waals surface area contributed by atoms with E-state index in [1.807, 2.05) is 0 Å². The van der Waals surface area contributed by atoms with E-state index >= 15 is 0 Å². The van der Waals surface area contributed by atoms with Gasteiger partial charge in [-0.1, -0.05) is 6.92 Å². The monoisotopic (exact) mass is 201 g/mol. The second-order valence-electron chi connectivity index (χ2n) is 4.57. The molecule has 0 aromatic rings. The van der Waals surface area contributed by atoms with Crippen LogP contribution in [-0.2, 0) is 4.74 Å². The largest absolute Gasteiger partial charge is 0.380 e. The SMILES string of the molecule is CC1(CNC2CCSCC2)COC1. The van der Waals surface area contributed by atoms with E-state index in [2.05, 4.69) is 24.0 Å². The lowest BCUT2D eigenvalue weighted by Crippen LogP contribution is -2.50. The molecule has 1 N–H and O–H groups in total. The summed E-state index contributed by atoms with van der Waals surface area (Å²) in [4.78, 5) is 0. The Kier molecular flexibility index (Phi) is 3.17. The number of hydrogen-bond donors (Lipinski definition) is 1. The van der Waals surface area contributed by atoms with Crippen LogP contribution in [0.4, 0.5) is 0 Å². The first kappa shape index (κ1) is 9.81. The molecule has 0 unspecified atom stereocenters. The summed E-state index contributed by atoms with van der Waals surface area (Å²) in [6.07, 6.45) is 2.70. The van der Waals surface area contributed by atoms with Crippen molar-refractivity contribution < 1.29 is 4.74 Å². The Hall–Kier alpha value is 0.270. The summed E-state index contributed by atoms with van der Waals surface area (Å²) in [6, 6.07) is 0.777. The molecule has 13 heavy (non-hydrogen) atoms. The van der Waals surface area contributed by atoms with E-state index < -0.39 is 0 Å². The fourth-order valence-corrected chi connectivity index (χ4v) is 2.95. The van der Waals surface area contributed by atoms with Gasteiger partial charge in [0.2, 0.25) is 0 Å². The highest BCUT2D eigenvalue weighted by molar-refractivity contribution is 7.99. The predicted octanol–water partition coefficient (Wildman–Crippen LogP) is 1.51. The summed E-state index contributed by atoms with van der Waals surface area (Å²) in [5.74, 6) is 2.68. The Labute approximate surface area is 84.8 Å². The van der Waals surface area contributed by atoms with Gasteiger partial charge in [-0.2, -0.15) is 11.8 Å². The molecule has 76 valence electrons. The Morgan fingerprint density at radius 2 is 2.08 bits per heavy atom. The number of hydrogen-bond acceptors (Lipinski definition) is 3. The fourth-order valence-electron chi connectivity index (χ4n) is 1.85. The van der Waals surface area contributed by atoms with Crippen LogP contribution < -0.4 is 5.32 Å². The molecule has 2 aliphatic rings. The zero-order chi connectivity index (χ0) is 9.15. The normalized spacial score (nSPS) is 28.4. The molecule has 0 aromatic heterocycles. The third-order valence-electron chi connectivity index (χ3n) is 2.94. The van der Waals surface area contributed by atoms with Gasteiger partial charge >= 0.3 is 0 Å². The summed E-state index contributed by atoms with van der Waals surface area (Å²) < 4.78 is 5.23. The standard InChI is InChI=1S/C10H19NOS/c1-10(7-12-8-10)6-11-9-2-4-13-5-3-9/h9,11H,2-8H2,1H3. The van der Waals surface area contributed by atoms with E-state index in [0.717, 1.165) is 25.8 Å². The van der Waals surface area contributed by atoms with Crippen LogP contribution in [0.15, 0.2) is 0 Å². The maximum absolute atomic E-state index is 5.23. The van der Waals surface area contributed by atoms with Crippen LogP contribution in [-0.4, -0.2) is 37.3 Å². The third-order valence-corrected chi connectivity index (χ3v) is 3.99. The zero-order valence-electron chi connectivity index (χ0n) is 8.34. The van der Waals surface area contributed by atoms with E-state index in [-0.39, 0.29) is 0 Å². The highest BCUT2D eigenvalue weighted by Gasteiger charge is 2.33. The molecule has 3 heteroatoms. The van der Waals surface area contributed by atoms with Gasteiger partial charge in [0.25, 0.3) is 0 Å². The summed E-state index contributed by atoms with van der Waals surface area (Å²) in [7, 11) is 0. The minimum atomic E-state index is 0.435. The van der Waals surface area contributed by atoms with E-state index in [1.54, 1.807) is 0 Å². The molecule has 0 aromatic carbocycles. The average molecular weight is 201 g/mol. The highest BCUT2D eigenvalue weighted by Crippen LogP contribution is 2.26. The maximum atomic E-state index is 5.23. The lowest BCUT2D eigenvalue weighted by Gasteiger charge is -2.39. The maximum Gasteiger partial charge on any atom is 0.0554 e. The lowest BCUT2D eigenvalue weighted by atomic mass is 9.88. The van der Waals surface area contributed by atoms with Crippen LogP contribution in [0, 0.1) is 5.41 Å². The van der Waals surface area contributed by atoms with Crippen molar-refractivity contribution in [3.05, 3.63) is 0 Å². The molecule has 2 fully saturated rings. The Balaban J connectivity index is 1.66. The van der Waals surface area contributed by atoms with Gasteiger partial charge in [0.1, 0.15) is 0 Å². The zero-order valence-corrected chi connectivity index (χ0v) is 9.16. The third kappa shape index (κ3) is 2.61. The molecule has 0 radical (unpaired) electrons. The van der Waals surface area contributed by atoms with Gasteiger partial charge in [0.05, 0.1) is 13.2 Å². The van der Waals surface area contributed by atoms with E-state index in [0.29, 0.717) is 5.41 Å². The van der Waals surface area contributed by atoms with Gasteiger partial charge in [-0.3, -0.25) is 0 Å². The molecular weight excluding hydrogens is 182 g/mol. The molecule has 2 aliphatic heterocycles. The average Bonchev–Trinajstić information content (AvgIpc) is 2.13. The smallest absolute Gasteiger partial charge is 0.0554 e. The lowest BCUT2D eigenvalue weighted by molar-refractivity contribution is -0.100. The van der Waals surface area contributed by atoms with Crippen LogP contribution in [0.5, 0.6) is 0 Å². The molecular formula is C10H19NOS. The fraction of sp³-hybridized carbons (Fsp3) is 1.00. The van der Waals surface area contributed by atoms with Crippen LogP contribution in [0.1, 0.15) is 19.8 Å². The molecule has 2 heterocycles. The minimum absolute atomic E-state index is 0.435. The molecule has 0 spiro atoms. The molecule has 0 aliphatic carbocycles. The van der Waals surface area contributed by atoms with E-state index in [1.165, 1.54) is 24.3 Å². The van der Waals surface area contributed by atoms with Crippen molar-refractivity contribution in [1.82, 2.24) is 5.32 Å². The van der Waals surface area contributed by atoms with Gasteiger partial charge in [-0.25, -0.2) is 0 Å². The Morgan fingerprint density at radius 1 is 1.38 bits per heavy atom. The van der Waals surface area contributed by atoms with Crippen molar-refractivity contribution in [1.29, 1.82) is 0 Å². The van der Waals surface area contributed by atoms with Crippen molar-refractivity contribution >= 4 is 11.8 Å². The summed E-state index contributed by atoms with van der Waals surface area (Å²) >= 11 is 2.09. The van der Waals surface area contributed by atoms with E-state index in [4.69, 9.17) is 4.74 Å². The van der Waals surface area contributed by atoms with Crippen LogP contribution in [0.2, 0.25) is 0 Å². The highest BCUT2D eigenvalue weighted by atomic mass is 32.2. The Morgan fingerprint density at radius 3 is 2.62 bits per heavy atom. The molecule has 2 rings (SSSR count). The van der Waals surface area contributed by atoms with E-state index in [9.17, 15) is 0 Å². The molecule has 0 saturated carbocycles. The number of rotatable bonds is 3. The number of nitrogens with one attached hydrogen (secondary N) is 1. The Bertz CT molecular complexity index is 164. The second kappa shape index (κ2) is 4.20. The van der Waals surface area contributed by atoms with Crippen molar-refractivity contribution in [3.63, 3.8) is 0 Å². The van der Waals surface area contributed by atoms with Crippen molar-refractivity contribution in [2.45, 2.75) is 25.8 Å².